The van der Waals surface area contributed by atoms with Crippen LogP contribution in [0.4, 0.5) is 0 Å². The molecule has 0 aromatic carbocycles. The van der Waals surface area contributed by atoms with Gasteiger partial charge in [0.25, 0.3) is 0 Å². The predicted molar refractivity (Wildman–Crippen MR) is 75.3 cm³/mol. The van der Waals surface area contributed by atoms with Gasteiger partial charge in [-0.1, -0.05) is 32.5 Å². The zero-order valence-corrected chi connectivity index (χ0v) is 12.2. The molecule has 0 spiro atoms. The van der Waals surface area contributed by atoms with Gasteiger partial charge in [-0.2, -0.15) is 0 Å². The summed E-state index contributed by atoms with van der Waals surface area (Å²) in [6.07, 6.45) is 3.61. The molecule has 3 heteroatoms. The van der Waals surface area contributed by atoms with Gasteiger partial charge in [-0.3, -0.25) is 4.99 Å². The van der Waals surface area contributed by atoms with E-state index in [0.717, 1.165) is 18.1 Å². The van der Waals surface area contributed by atoms with Gasteiger partial charge in [0.05, 0.1) is 0 Å². The summed E-state index contributed by atoms with van der Waals surface area (Å²) in [5, 5.41) is 4.69. The average molecular weight is 242 g/mol. The Morgan fingerprint density at radius 1 is 1.31 bits per heavy atom. The highest BCUT2D eigenvalue weighted by Crippen LogP contribution is 2.35. The van der Waals surface area contributed by atoms with Gasteiger partial charge < -0.3 is 5.32 Å². The molecule has 1 aliphatic heterocycles. The number of nitrogens with zero attached hydrogens (tertiary/aromatic N) is 1. The number of aliphatic imine (C=N–C) groups is 1. The second-order valence-corrected chi connectivity index (χ2v) is 6.44. The normalized spacial score (nSPS) is 20.4. The van der Waals surface area contributed by atoms with E-state index in [9.17, 15) is 0 Å². The van der Waals surface area contributed by atoms with Crippen molar-refractivity contribution in [2.45, 2.75) is 59.4 Å². The van der Waals surface area contributed by atoms with Crippen molar-refractivity contribution in [2.75, 3.05) is 12.3 Å². The van der Waals surface area contributed by atoms with Crippen LogP contribution in [0.2, 0.25) is 0 Å². The largest absolute Gasteiger partial charge is 0.360 e. The van der Waals surface area contributed by atoms with Gasteiger partial charge in [0.1, 0.15) is 0 Å². The van der Waals surface area contributed by atoms with Crippen molar-refractivity contribution < 1.29 is 0 Å². The van der Waals surface area contributed by atoms with Crippen LogP contribution in [-0.4, -0.2) is 23.0 Å². The third-order valence-corrected chi connectivity index (χ3v) is 5.16. The Hall–Kier alpha value is -0.180. The second kappa shape index (κ2) is 5.44. The van der Waals surface area contributed by atoms with Crippen molar-refractivity contribution in [3.63, 3.8) is 0 Å². The minimum Gasteiger partial charge on any atom is -0.360 e. The van der Waals surface area contributed by atoms with Crippen LogP contribution in [0.5, 0.6) is 0 Å². The molecule has 16 heavy (non-hydrogen) atoms. The molecular formula is C13H26N2S. The molecule has 1 N–H and O–H groups in total. The highest BCUT2D eigenvalue weighted by atomic mass is 32.2. The highest BCUT2D eigenvalue weighted by molar-refractivity contribution is 8.13. The molecular weight excluding hydrogens is 216 g/mol. The maximum Gasteiger partial charge on any atom is 0.156 e. The topological polar surface area (TPSA) is 24.4 Å². The van der Waals surface area contributed by atoms with Crippen LogP contribution in [0.15, 0.2) is 4.99 Å². The van der Waals surface area contributed by atoms with E-state index >= 15 is 0 Å². The Labute approximate surface area is 105 Å². The first-order chi connectivity index (χ1) is 7.47. The summed E-state index contributed by atoms with van der Waals surface area (Å²) in [5.41, 5.74) is 0.621. The fourth-order valence-corrected chi connectivity index (χ4v) is 3.13. The molecule has 0 fully saturated rings. The molecule has 1 rings (SSSR count). The van der Waals surface area contributed by atoms with E-state index in [1.54, 1.807) is 0 Å². The van der Waals surface area contributed by atoms with Gasteiger partial charge >= 0.3 is 0 Å². The van der Waals surface area contributed by atoms with Crippen molar-refractivity contribution in [2.24, 2.45) is 10.4 Å². The number of nitrogens with one attached hydrogen (secondary N) is 1. The van der Waals surface area contributed by atoms with E-state index in [-0.39, 0.29) is 5.54 Å². The van der Waals surface area contributed by atoms with Crippen molar-refractivity contribution >= 4 is 16.9 Å². The third kappa shape index (κ3) is 3.41. The fraction of sp³-hybridized carbons (Fsp3) is 0.923. The fourth-order valence-electron chi connectivity index (χ4n) is 1.68. The number of hydrogen-bond donors (Lipinski definition) is 1. The standard InChI is InChI=1S/C13H26N2S/c1-6-12(4,5)15-11-14-9-13(7-2,8-3)10-16-11/h6-10H2,1-5H3,(H,14,15). The summed E-state index contributed by atoms with van der Waals surface area (Å²) in [4.78, 5) is 4.73. The lowest BCUT2D eigenvalue weighted by molar-refractivity contribution is 0.317. The van der Waals surface area contributed by atoms with Gasteiger partial charge in [-0.15, -0.1) is 0 Å². The molecule has 0 saturated heterocycles. The molecule has 0 aliphatic carbocycles. The zero-order chi connectivity index (χ0) is 12.2. The number of amidine groups is 1. The summed E-state index contributed by atoms with van der Waals surface area (Å²) in [6, 6.07) is 0. The van der Waals surface area contributed by atoms with Crippen LogP contribution in [0, 0.1) is 5.41 Å². The third-order valence-electron chi connectivity index (χ3n) is 3.90. The number of hydrogen-bond acceptors (Lipinski definition) is 3. The van der Waals surface area contributed by atoms with E-state index in [1.165, 1.54) is 18.6 Å². The number of rotatable bonds is 4. The van der Waals surface area contributed by atoms with Crippen molar-refractivity contribution in [3.05, 3.63) is 0 Å². The Balaban J connectivity index is 2.59. The van der Waals surface area contributed by atoms with E-state index in [1.807, 2.05) is 11.8 Å². The Kier molecular flexibility index (Phi) is 4.72. The minimum atomic E-state index is 0.171. The summed E-state index contributed by atoms with van der Waals surface area (Å²) < 4.78 is 0. The molecule has 1 aliphatic rings. The van der Waals surface area contributed by atoms with Crippen LogP contribution in [0.1, 0.15) is 53.9 Å². The Morgan fingerprint density at radius 2 is 1.94 bits per heavy atom. The van der Waals surface area contributed by atoms with Crippen LogP contribution in [0.25, 0.3) is 0 Å². The monoisotopic (exact) mass is 242 g/mol. The lowest BCUT2D eigenvalue weighted by atomic mass is 9.84. The lowest BCUT2D eigenvalue weighted by Crippen LogP contribution is -2.44. The molecule has 2 nitrogen and oxygen atoms in total. The Morgan fingerprint density at radius 3 is 2.31 bits per heavy atom. The first-order valence-electron chi connectivity index (χ1n) is 6.42. The molecule has 0 amide bonds. The first kappa shape index (κ1) is 13.9. The molecule has 94 valence electrons. The maximum atomic E-state index is 4.73. The van der Waals surface area contributed by atoms with E-state index in [4.69, 9.17) is 4.99 Å². The van der Waals surface area contributed by atoms with Crippen LogP contribution >= 0.6 is 11.8 Å². The van der Waals surface area contributed by atoms with Crippen LogP contribution in [-0.2, 0) is 0 Å². The second-order valence-electron chi connectivity index (χ2n) is 5.48. The zero-order valence-electron chi connectivity index (χ0n) is 11.4. The molecule has 0 aromatic rings. The molecule has 0 unspecified atom stereocenters. The van der Waals surface area contributed by atoms with Crippen molar-refractivity contribution in [1.29, 1.82) is 0 Å². The molecule has 0 atom stereocenters. The van der Waals surface area contributed by atoms with E-state index < -0.39 is 0 Å². The highest BCUT2D eigenvalue weighted by Gasteiger charge is 2.31. The maximum absolute atomic E-state index is 4.73. The summed E-state index contributed by atoms with van der Waals surface area (Å²) >= 11 is 1.90. The summed E-state index contributed by atoms with van der Waals surface area (Å²) in [5.74, 6) is 1.21. The molecule has 0 radical (unpaired) electrons. The smallest absolute Gasteiger partial charge is 0.156 e. The first-order valence-corrected chi connectivity index (χ1v) is 7.41. The van der Waals surface area contributed by atoms with Crippen molar-refractivity contribution in [3.8, 4) is 0 Å². The quantitative estimate of drug-likeness (QED) is 0.813. The van der Waals surface area contributed by atoms with E-state index in [0.29, 0.717) is 5.41 Å². The van der Waals surface area contributed by atoms with E-state index in [2.05, 4.69) is 39.9 Å². The van der Waals surface area contributed by atoms with Gasteiger partial charge in [0.15, 0.2) is 5.17 Å². The molecule has 0 bridgehead atoms. The lowest BCUT2D eigenvalue weighted by Gasteiger charge is -2.35. The minimum absolute atomic E-state index is 0.171. The van der Waals surface area contributed by atoms with Crippen LogP contribution in [0.3, 0.4) is 0 Å². The van der Waals surface area contributed by atoms with Crippen LogP contribution < -0.4 is 5.32 Å². The Bertz CT molecular complexity index is 255. The van der Waals surface area contributed by atoms with Gasteiger partial charge in [-0.25, -0.2) is 0 Å². The van der Waals surface area contributed by atoms with Gasteiger partial charge in [0, 0.05) is 17.8 Å². The average Bonchev–Trinajstić information content (AvgIpc) is 2.30. The van der Waals surface area contributed by atoms with Gasteiger partial charge in [0.2, 0.25) is 0 Å². The molecule has 1 heterocycles. The summed E-state index contributed by atoms with van der Waals surface area (Å²) in [7, 11) is 0. The van der Waals surface area contributed by atoms with Crippen molar-refractivity contribution in [1.82, 2.24) is 5.32 Å². The molecule has 0 aromatic heterocycles. The SMILES string of the molecule is CCC1(CC)CN=C(NC(C)(C)CC)SC1. The number of thioether (sulfide) groups is 1. The molecule has 0 saturated carbocycles. The summed E-state index contributed by atoms with van der Waals surface area (Å²) in [6.45, 7) is 12.2. The predicted octanol–water partition coefficient (Wildman–Crippen LogP) is 3.67. The van der Waals surface area contributed by atoms with Gasteiger partial charge in [-0.05, 0) is 38.5 Å².